The van der Waals surface area contributed by atoms with E-state index in [1.54, 1.807) is 12.1 Å². The molecule has 0 saturated carbocycles. The molecule has 3 nitrogen and oxygen atoms in total. The lowest BCUT2D eigenvalue weighted by Crippen LogP contribution is -2.00. The number of unbranched alkanes of at least 4 members (excludes halogenated alkanes) is 13. The Hall–Kier alpha value is -1.51. The Morgan fingerprint density at radius 2 is 1.12 bits per heavy atom. The first-order valence-corrected chi connectivity index (χ1v) is 10.7. The summed E-state index contributed by atoms with van der Waals surface area (Å²) in [4.78, 5) is 10.3. The van der Waals surface area contributed by atoms with Gasteiger partial charge in [-0.1, -0.05) is 103 Å². The Bertz CT molecular complexity index is 453. The summed E-state index contributed by atoms with van der Waals surface area (Å²) in [6.45, 7) is 2.27. The molecule has 1 rings (SSSR count). The van der Waals surface area contributed by atoms with E-state index in [9.17, 15) is 9.90 Å². The van der Waals surface area contributed by atoms with E-state index in [0.29, 0.717) is 5.75 Å². The first kappa shape index (κ1) is 22.5. The normalized spacial score (nSPS) is 10.8. The van der Waals surface area contributed by atoms with Crippen LogP contribution in [0.2, 0.25) is 0 Å². The molecule has 1 aromatic carbocycles. The zero-order valence-corrected chi connectivity index (χ0v) is 16.6. The SMILES string of the molecule is CCCCCCCCCCCCCCCCc1ccc(OC([O])=O)cc1. The summed E-state index contributed by atoms with van der Waals surface area (Å²) in [6, 6.07) is 7.24. The van der Waals surface area contributed by atoms with E-state index < -0.39 is 6.16 Å². The van der Waals surface area contributed by atoms with Crippen LogP contribution in [0.5, 0.6) is 5.75 Å². The Morgan fingerprint density at radius 1 is 0.692 bits per heavy atom. The second-order valence-corrected chi connectivity index (χ2v) is 7.34. The van der Waals surface area contributed by atoms with Crippen LogP contribution in [0.1, 0.15) is 102 Å². The van der Waals surface area contributed by atoms with E-state index in [4.69, 9.17) is 0 Å². The van der Waals surface area contributed by atoms with Crippen molar-refractivity contribution in [3.8, 4) is 5.75 Å². The summed E-state index contributed by atoms with van der Waals surface area (Å²) in [5, 5.41) is 10.3. The Kier molecular flexibility index (Phi) is 13.6. The van der Waals surface area contributed by atoms with Crippen LogP contribution in [0.15, 0.2) is 24.3 Å². The number of ether oxygens (including phenoxy) is 1. The summed E-state index contributed by atoms with van der Waals surface area (Å²) in [5.74, 6) is 0.328. The van der Waals surface area contributed by atoms with Crippen molar-refractivity contribution in [3.05, 3.63) is 29.8 Å². The van der Waals surface area contributed by atoms with Gasteiger partial charge in [0.05, 0.1) is 0 Å². The monoisotopic (exact) mass is 361 g/mol. The minimum absolute atomic E-state index is 0.328. The average Bonchev–Trinajstić information content (AvgIpc) is 2.63. The standard InChI is InChI=1S/C23H37O3/c1-2-3-4-5-6-7-8-9-10-11-12-13-14-15-16-21-17-19-22(20-18-21)26-23(24)25/h17-20H,2-16H2,1H3. The van der Waals surface area contributed by atoms with E-state index >= 15 is 0 Å². The second-order valence-electron chi connectivity index (χ2n) is 7.34. The van der Waals surface area contributed by atoms with E-state index in [0.717, 1.165) is 6.42 Å². The van der Waals surface area contributed by atoms with Gasteiger partial charge in [-0.2, -0.15) is 9.90 Å². The largest absolute Gasteiger partial charge is 0.555 e. The van der Waals surface area contributed by atoms with Crippen LogP contribution in [0, 0.1) is 0 Å². The Balaban J connectivity index is 1.87. The number of carbonyl (C=O) groups excluding carboxylic acids is 1. The van der Waals surface area contributed by atoms with Crippen molar-refractivity contribution in [1.82, 2.24) is 0 Å². The van der Waals surface area contributed by atoms with Crippen molar-refractivity contribution >= 4 is 6.16 Å². The summed E-state index contributed by atoms with van der Waals surface area (Å²) >= 11 is 0. The minimum atomic E-state index is -1.51. The molecule has 3 heteroatoms. The van der Waals surface area contributed by atoms with Gasteiger partial charge in [0.2, 0.25) is 0 Å². The maximum Gasteiger partial charge on any atom is 0.555 e. The number of aryl methyl sites for hydroxylation is 1. The molecule has 147 valence electrons. The fourth-order valence-electron chi connectivity index (χ4n) is 3.34. The molecule has 0 N–H and O–H groups in total. The van der Waals surface area contributed by atoms with Gasteiger partial charge < -0.3 is 4.74 Å². The van der Waals surface area contributed by atoms with Crippen LogP contribution in [0.25, 0.3) is 0 Å². The molecule has 0 aliphatic carbocycles. The maximum absolute atomic E-state index is 10.3. The molecular weight excluding hydrogens is 324 g/mol. The van der Waals surface area contributed by atoms with Gasteiger partial charge in [-0.25, -0.2) is 0 Å². The topological polar surface area (TPSA) is 46.2 Å². The quantitative estimate of drug-likeness (QED) is 0.172. The highest BCUT2D eigenvalue weighted by atomic mass is 16.7. The van der Waals surface area contributed by atoms with Crippen molar-refractivity contribution in [2.45, 2.75) is 103 Å². The smallest absolute Gasteiger partial charge is 0.392 e. The molecule has 0 saturated heterocycles. The fourth-order valence-corrected chi connectivity index (χ4v) is 3.34. The predicted octanol–water partition coefficient (Wildman–Crippen LogP) is 7.64. The molecule has 0 aromatic heterocycles. The van der Waals surface area contributed by atoms with Crippen LogP contribution in [0.4, 0.5) is 4.79 Å². The van der Waals surface area contributed by atoms with Gasteiger partial charge in [0.25, 0.3) is 0 Å². The molecule has 0 fully saturated rings. The summed E-state index contributed by atoms with van der Waals surface area (Å²) in [5.41, 5.74) is 1.23. The highest BCUT2D eigenvalue weighted by molar-refractivity contribution is 5.60. The van der Waals surface area contributed by atoms with Gasteiger partial charge in [0, 0.05) is 0 Å². The Morgan fingerprint density at radius 3 is 1.54 bits per heavy atom. The number of hydrogen-bond donors (Lipinski definition) is 0. The number of rotatable bonds is 16. The zero-order chi connectivity index (χ0) is 18.9. The average molecular weight is 362 g/mol. The highest BCUT2D eigenvalue weighted by Gasteiger charge is 2.02. The van der Waals surface area contributed by atoms with Crippen molar-refractivity contribution < 1.29 is 14.6 Å². The molecule has 0 bridgehead atoms. The first-order valence-electron chi connectivity index (χ1n) is 10.7. The Labute approximate surface area is 160 Å². The van der Waals surface area contributed by atoms with Crippen molar-refractivity contribution in [1.29, 1.82) is 0 Å². The van der Waals surface area contributed by atoms with Gasteiger partial charge >= 0.3 is 6.16 Å². The molecule has 0 aliphatic heterocycles. The molecule has 0 heterocycles. The van der Waals surface area contributed by atoms with Crippen LogP contribution in [-0.4, -0.2) is 6.16 Å². The second kappa shape index (κ2) is 15.7. The van der Waals surface area contributed by atoms with Gasteiger partial charge in [-0.15, -0.1) is 0 Å². The highest BCUT2D eigenvalue weighted by Crippen LogP contribution is 2.16. The molecule has 26 heavy (non-hydrogen) atoms. The van der Waals surface area contributed by atoms with E-state index in [1.807, 2.05) is 12.1 Å². The predicted molar refractivity (Wildman–Crippen MR) is 107 cm³/mol. The molecule has 0 spiro atoms. The van der Waals surface area contributed by atoms with E-state index in [-0.39, 0.29) is 0 Å². The van der Waals surface area contributed by atoms with Crippen LogP contribution < -0.4 is 4.74 Å². The number of hydrogen-bond acceptors (Lipinski definition) is 2. The third kappa shape index (κ3) is 12.8. The van der Waals surface area contributed by atoms with Gasteiger partial charge in [0.15, 0.2) is 0 Å². The lowest BCUT2D eigenvalue weighted by molar-refractivity contribution is 0.117. The molecular formula is C23H37O3. The van der Waals surface area contributed by atoms with Gasteiger partial charge in [-0.05, 0) is 30.5 Å². The van der Waals surface area contributed by atoms with Crippen LogP contribution in [-0.2, 0) is 11.5 Å². The third-order valence-electron chi connectivity index (χ3n) is 4.94. The van der Waals surface area contributed by atoms with Gasteiger partial charge in [-0.3, -0.25) is 0 Å². The summed E-state index contributed by atoms with van der Waals surface area (Å²) in [6.07, 6.45) is 18.7. The third-order valence-corrected chi connectivity index (χ3v) is 4.94. The van der Waals surface area contributed by atoms with E-state index in [1.165, 1.54) is 95.5 Å². The van der Waals surface area contributed by atoms with Crippen molar-refractivity contribution in [3.63, 3.8) is 0 Å². The van der Waals surface area contributed by atoms with E-state index in [2.05, 4.69) is 11.7 Å². The number of benzene rings is 1. The van der Waals surface area contributed by atoms with Gasteiger partial charge in [0.1, 0.15) is 5.75 Å². The fraction of sp³-hybridized carbons (Fsp3) is 0.696. The van der Waals surface area contributed by atoms with Crippen molar-refractivity contribution in [2.75, 3.05) is 0 Å². The lowest BCUT2D eigenvalue weighted by atomic mass is 10.0. The molecule has 1 aromatic rings. The summed E-state index contributed by atoms with van der Waals surface area (Å²) in [7, 11) is 0. The molecule has 0 aliphatic rings. The zero-order valence-electron chi connectivity index (χ0n) is 16.6. The summed E-state index contributed by atoms with van der Waals surface area (Å²) < 4.78 is 4.50. The molecule has 1 radical (unpaired) electrons. The van der Waals surface area contributed by atoms with Crippen LogP contribution in [0.3, 0.4) is 0 Å². The van der Waals surface area contributed by atoms with Crippen LogP contribution >= 0.6 is 0 Å². The maximum atomic E-state index is 10.3. The molecule has 0 unspecified atom stereocenters. The lowest BCUT2D eigenvalue weighted by Gasteiger charge is -2.04. The molecule has 0 atom stereocenters. The molecule has 0 amide bonds. The van der Waals surface area contributed by atoms with Crippen molar-refractivity contribution in [2.24, 2.45) is 0 Å². The minimum Gasteiger partial charge on any atom is -0.392 e. The number of carbonyl (C=O) groups is 1. The first-order chi connectivity index (χ1) is 12.7.